The van der Waals surface area contributed by atoms with Crippen molar-refractivity contribution in [1.29, 1.82) is 0 Å². The number of thiophene rings is 1. The Hall–Kier alpha value is -2.12. The highest BCUT2D eigenvalue weighted by Crippen LogP contribution is 2.23. The standard InChI is InChI=1S/C17H18N4OS2/c1-12-6-3-4-7-13(12)10-21(2)15(22)11-24-17-18-16(19-20-17)14-8-5-9-23-14/h3-9H,10-11H2,1-2H3,(H,18,19,20). The molecule has 3 aromatic rings. The number of carbonyl (C=O) groups is 1. The van der Waals surface area contributed by atoms with E-state index in [1.54, 1.807) is 16.2 Å². The first-order valence-corrected chi connectivity index (χ1v) is 9.37. The van der Waals surface area contributed by atoms with E-state index in [0.717, 1.165) is 16.3 Å². The van der Waals surface area contributed by atoms with Gasteiger partial charge in [0.25, 0.3) is 0 Å². The van der Waals surface area contributed by atoms with Gasteiger partial charge in [-0.2, -0.15) is 0 Å². The normalized spacial score (nSPS) is 10.8. The summed E-state index contributed by atoms with van der Waals surface area (Å²) < 4.78 is 0. The number of aryl methyl sites for hydroxylation is 1. The zero-order valence-corrected chi connectivity index (χ0v) is 15.2. The summed E-state index contributed by atoms with van der Waals surface area (Å²) in [7, 11) is 1.82. The van der Waals surface area contributed by atoms with E-state index in [4.69, 9.17) is 0 Å². The molecule has 0 spiro atoms. The number of aromatic nitrogens is 3. The predicted octanol–water partition coefficient (Wildman–Crippen LogP) is 3.59. The largest absolute Gasteiger partial charge is 0.341 e. The second kappa shape index (κ2) is 7.63. The maximum absolute atomic E-state index is 12.3. The first kappa shape index (κ1) is 16.7. The van der Waals surface area contributed by atoms with Gasteiger partial charge >= 0.3 is 0 Å². The summed E-state index contributed by atoms with van der Waals surface area (Å²) in [4.78, 5) is 19.5. The number of thioether (sulfide) groups is 1. The van der Waals surface area contributed by atoms with Crippen LogP contribution in [-0.2, 0) is 11.3 Å². The van der Waals surface area contributed by atoms with E-state index in [1.165, 1.54) is 17.3 Å². The molecule has 0 atom stereocenters. The fourth-order valence-corrected chi connectivity index (χ4v) is 3.60. The average Bonchev–Trinajstić information content (AvgIpc) is 3.25. The zero-order chi connectivity index (χ0) is 16.9. The third-order valence-corrected chi connectivity index (χ3v) is 5.35. The summed E-state index contributed by atoms with van der Waals surface area (Å²) in [5.41, 5.74) is 2.36. The Bertz CT molecular complexity index is 814. The number of carbonyl (C=O) groups excluding carboxylic acids is 1. The van der Waals surface area contributed by atoms with Gasteiger partial charge in [-0.15, -0.1) is 16.4 Å². The van der Waals surface area contributed by atoms with Gasteiger partial charge < -0.3 is 4.90 Å². The topological polar surface area (TPSA) is 61.9 Å². The van der Waals surface area contributed by atoms with Crippen molar-refractivity contribution in [2.75, 3.05) is 12.8 Å². The molecule has 0 saturated carbocycles. The SMILES string of the molecule is Cc1ccccc1CN(C)C(=O)CSc1n[nH]c(-c2cccs2)n1. The second-order valence-electron chi connectivity index (χ2n) is 5.41. The minimum atomic E-state index is 0.0609. The molecule has 0 aliphatic heterocycles. The van der Waals surface area contributed by atoms with Gasteiger partial charge in [0.15, 0.2) is 5.82 Å². The van der Waals surface area contributed by atoms with Gasteiger partial charge in [0.05, 0.1) is 10.6 Å². The van der Waals surface area contributed by atoms with E-state index < -0.39 is 0 Å². The van der Waals surface area contributed by atoms with Crippen LogP contribution < -0.4 is 0 Å². The summed E-state index contributed by atoms with van der Waals surface area (Å²) in [6.07, 6.45) is 0. The molecule has 24 heavy (non-hydrogen) atoms. The van der Waals surface area contributed by atoms with Crippen LogP contribution in [0.1, 0.15) is 11.1 Å². The summed E-state index contributed by atoms with van der Waals surface area (Å²) >= 11 is 2.95. The molecule has 1 aromatic carbocycles. The molecule has 2 heterocycles. The molecule has 124 valence electrons. The lowest BCUT2D eigenvalue weighted by Crippen LogP contribution is -2.28. The lowest BCUT2D eigenvalue weighted by atomic mass is 10.1. The van der Waals surface area contributed by atoms with Crippen LogP contribution in [-0.4, -0.2) is 38.8 Å². The van der Waals surface area contributed by atoms with E-state index in [1.807, 2.05) is 36.7 Å². The number of H-pyrrole nitrogens is 1. The van der Waals surface area contributed by atoms with E-state index >= 15 is 0 Å². The van der Waals surface area contributed by atoms with Gasteiger partial charge in [-0.1, -0.05) is 42.1 Å². The lowest BCUT2D eigenvalue weighted by Gasteiger charge is -2.18. The van der Waals surface area contributed by atoms with Gasteiger partial charge in [0.2, 0.25) is 11.1 Å². The molecule has 0 bridgehead atoms. The van der Waals surface area contributed by atoms with Gasteiger partial charge in [0, 0.05) is 13.6 Å². The van der Waals surface area contributed by atoms with Crippen molar-refractivity contribution >= 4 is 29.0 Å². The van der Waals surface area contributed by atoms with Gasteiger partial charge in [0.1, 0.15) is 0 Å². The molecular formula is C17H18N4OS2. The van der Waals surface area contributed by atoms with Crippen LogP contribution in [0.3, 0.4) is 0 Å². The van der Waals surface area contributed by atoms with Crippen molar-refractivity contribution in [3.05, 3.63) is 52.9 Å². The Morgan fingerprint density at radius 2 is 2.12 bits per heavy atom. The highest BCUT2D eigenvalue weighted by Gasteiger charge is 2.13. The highest BCUT2D eigenvalue weighted by molar-refractivity contribution is 7.99. The molecular weight excluding hydrogens is 340 g/mol. The summed E-state index contributed by atoms with van der Waals surface area (Å²) in [6.45, 7) is 2.67. The molecule has 0 aliphatic rings. The first-order chi connectivity index (χ1) is 11.6. The average molecular weight is 358 g/mol. The Kier molecular flexibility index (Phi) is 5.32. The van der Waals surface area contributed by atoms with Crippen molar-refractivity contribution in [3.63, 3.8) is 0 Å². The minimum Gasteiger partial charge on any atom is -0.341 e. The van der Waals surface area contributed by atoms with E-state index in [-0.39, 0.29) is 5.91 Å². The number of benzene rings is 1. The Labute approximate surface area is 149 Å². The van der Waals surface area contributed by atoms with E-state index in [0.29, 0.717) is 17.5 Å². The molecule has 0 fully saturated rings. The summed E-state index contributed by atoms with van der Waals surface area (Å²) in [5.74, 6) is 1.13. The van der Waals surface area contributed by atoms with Crippen molar-refractivity contribution in [3.8, 4) is 10.7 Å². The van der Waals surface area contributed by atoms with Crippen LogP contribution in [0.5, 0.6) is 0 Å². The number of nitrogens with one attached hydrogen (secondary N) is 1. The predicted molar refractivity (Wildman–Crippen MR) is 98.1 cm³/mol. The maximum atomic E-state index is 12.3. The first-order valence-electron chi connectivity index (χ1n) is 7.51. The third kappa shape index (κ3) is 4.04. The number of hydrogen-bond donors (Lipinski definition) is 1. The molecule has 0 unspecified atom stereocenters. The molecule has 3 rings (SSSR count). The number of amides is 1. The quantitative estimate of drug-likeness (QED) is 0.684. The molecule has 2 aromatic heterocycles. The molecule has 1 N–H and O–H groups in total. The van der Waals surface area contributed by atoms with Gasteiger partial charge in [-0.25, -0.2) is 4.98 Å². The van der Waals surface area contributed by atoms with Crippen LogP contribution in [0.4, 0.5) is 0 Å². The zero-order valence-electron chi connectivity index (χ0n) is 13.5. The highest BCUT2D eigenvalue weighted by atomic mass is 32.2. The van der Waals surface area contributed by atoms with E-state index in [2.05, 4.69) is 34.2 Å². The molecule has 5 nitrogen and oxygen atoms in total. The molecule has 0 aliphatic carbocycles. The van der Waals surface area contributed by atoms with Crippen LogP contribution in [0, 0.1) is 6.92 Å². The molecule has 0 saturated heterocycles. The molecule has 7 heteroatoms. The Morgan fingerprint density at radius 1 is 1.29 bits per heavy atom. The Balaban J connectivity index is 1.54. The van der Waals surface area contributed by atoms with Crippen molar-refractivity contribution < 1.29 is 4.79 Å². The van der Waals surface area contributed by atoms with Crippen LogP contribution in [0.25, 0.3) is 10.7 Å². The molecule has 1 amide bonds. The van der Waals surface area contributed by atoms with Crippen LogP contribution >= 0.6 is 23.1 Å². The number of rotatable bonds is 6. The van der Waals surface area contributed by atoms with Crippen LogP contribution in [0.2, 0.25) is 0 Å². The van der Waals surface area contributed by atoms with Crippen LogP contribution in [0.15, 0.2) is 46.9 Å². The van der Waals surface area contributed by atoms with Gasteiger partial charge in [-0.3, -0.25) is 9.89 Å². The van der Waals surface area contributed by atoms with Crippen molar-refractivity contribution in [2.24, 2.45) is 0 Å². The van der Waals surface area contributed by atoms with E-state index in [9.17, 15) is 4.79 Å². The minimum absolute atomic E-state index is 0.0609. The van der Waals surface area contributed by atoms with Crippen molar-refractivity contribution in [2.45, 2.75) is 18.6 Å². The number of nitrogens with zero attached hydrogens (tertiary/aromatic N) is 3. The number of hydrogen-bond acceptors (Lipinski definition) is 5. The second-order valence-corrected chi connectivity index (χ2v) is 7.30. The molecule has 0 radical (unpaired) electrons. The number of aromatic amines is 1. The summed E-state index contributed by atoms with van der Waals surface area (Å²) in [5, 5.41) is 9.66. The van der Waals surface area contributed by atoms with Crippen molar-refractivity contribution in [1.82, 2.24) is 20.1 Å². The monoisotopic (exact) mass is 358 g/mol. The Morgan fingerprint density at radius 3 is 2.88 bits per heavy atom. The lowest BCUT2D eigenvalue weighted by molar-refractivity contribution is -0.127. The fourth-order valence-electron chi connectivity index (χ4n) is 2.20. The summed E-state index contributed by atoms with van der Waals surface area (Å²) in [6, 6.07) is 12.1. The third-order valence-electron chi connectivity index (χ3n) is 3.64. The smallest absolute Gasteiger partial charge is 0.233 e. The maximum Gasteiger partial charge on any atom is 0.233 e. The van der Waals surface area contributed by atoms with Gasteiger partial charge in [-0.05, 0) is 29.5 Å². The fraction of sp³-hybridized carbons (Fsp3) is 0.235.